The minimum atomic E-state index is -3.85. The van der Waals surface area contributed by atoms with Crippen molar-refractivity contribution in [3.05, 3.63) is 144 Å². The van der Waals surface area contributed by atoms with Crippen molar-refractivity contribution in [2.45, 2.75) is 50.2 Å². The first-order valence-electron chi connectivity index (χ1n) is 13.2. The zero-order chi connectivity index (χ0) is 26.0. The van der Waals surface area contributed by atoms with Gasteiger partial charge in [-0.25, -0.2) is 0 Å². The molecule has 4 aromatic rings. The molecule has 4 aromatic carbocycles. The van der Waals surface area contributed by atoms with Gasteiger partial charge in [-0.15, -0.1) is 0 Å². The number of nitrogens with zero attached hydrogens (tertiary/aromatic N) is 2. The van der Waals surface area contributed by atoms with E-state index in [1.54, 1.807) is 8.61 Å². The van der Waals surface area contributed by atoms with Crippen molar-refractivity contribution < 1.29 is 13.2 Å². The third-order valence-electron chi connectivity index (χ3n) is 7.59. The first-order valence-corrected chi connectivity index (χ1v) is 14.6. The lowest BCUT2D eigenvalue weighted by Gasteiger charge is -2.36. The number of hydrogen-bond acceptors (Lipinski definition) is 3. The van der Waals surface area contributed by atoms with E-state index in [4.69, 9.17) is 4.74 Å². The van der Waals surface area contributed by atoms with Crippen molar-refractivity contribution in [3.63, 3.8) is 0 Å². The SMILES string of the molecule is O=S1(=O)N(Cc2ccccc2)[C@@H](Cc2ccccc2)[C@@H]2O[C@@H]2[C@H](Cc2ccccc2)N1Cc1ccccc1. The summed E-state index contributed by atoms with van der Waals surface area (Å²) in [5, 5.41) is 0. The van der Waals surface area contributed by atoms with Crippen LogP contribution in [0.5, 0.6) is 0 Å². The normalized spacial score (nSPS) is 24.8. The molecule has 0 spiro atoms. The Morgan fingerprint density at radius 3 is 1.16 bits per heavy atom. The van der Waals surface area contributed by atoms with Crippen LogP contribution in [0, 0.1) is 0 Å². The highest BCUT2D eigenvalue weighted by Gasteiger charge is 2.60. The van der Waals surface area contributed by atoms with Crippen LogP contribution in [-0.4, -0.2) is 41.3 Å². The Morgan fingerprint density at radius 1 is 0.500 bits per heavy atom. The van der Waals surface area contributed by atoms with E-state index in [9.17, 15) is 8.42 Å². The zero-order valence-corrected chi connectivity index (χ0v) is 22.0. The second kappa shape index (κ2) is 10.8. The molecule has 2 heterocycles. The summed E-state index contributed by atoms with van der Waals surface area (Å²) in [6.45, 7) is 0.604. The van der Waals surface area contributed by atoms with Crippen LogP contribution in [0.25, 0.3) is 0 Å². The van der Waals surface area contributed by atoms with E-state index < -0.39 is 10.2 Å². The number of hydrogen-bond donors (Lipinski definition) is 0. The second-order valence-electron chi connectivity index (χ2n) is 10.1. The van der Waals surface area contributed by atoms with E-state index >= 15 is 0 Å². The summed E-state index contributed by atoms with van der Waals surface area (Å²) in [4.78, 5) is 0. The van der Waals surface area contributed by atoms with Crippen LogP contribution in [0.4, 0.5) is 0 Å². The highest BCUT2D eigenvalue weighted by molar-refractivity contribution is 7.86. The smallest absolute Gasteiger partial charge is 0.283 e. The van der Waals surface area contributed by atoms with Crippen molar-refractivity contribution in [2.24, 2.45) is 0 Å². The molecule has 6 heteroatoms. The molecular weight excluding hydrogens is 492 g/mol. The van der Waals surface area contributed by atoms with Crippen LogP contribution in [0.2, 0.25) is 0 Å². The summed E-state index contributed by atoms with van der Waals surface area (Å²) in [5.41, 5.74) is 4.15. The lowest BCUT2D eigenvalue weighted by Crippen LogP contribution is -2.51. The molecule has 0 aromatic heterocycles. The Labute approximate surface area is 225 Å². The van der Waals surface area contributed by atoms with E-state index in [1.807, 2.05) is 97.1 Å². The van der Waals surface area contributed by atoms with Gasteiger partial charge in [0.15, 0.2) is 0 Å². The number of rotatable bonds is 8. The summed E-state index contributed by atoms with van der Waals surface area (Å²) >= 11 is 0. The van der Waals surface area contributed by atoms with Crippen molar-refractivity contribution in [1.82, 2.24) is 8.61 Å². The van der Waals surface area contributed by atoms with Gasteiger partial charge in [-0.2, -0.15) is 17.0 Å². The second-order valence-corrected chi connectivity index (χ2v) is 12.0. The summed E-state index contributed by atoms with van der Waals surface area (Å²) in [6, 6.07) is 39.4. The molecule has 5 nitrogen and oxygen atoms in total. The zero-order valence-electron chi connectivity index (χ0n) is 21.2. The van der Waals surface area contributed by atoms with E-state index in [-0.39, 0.29) is 24.3 Å². The predicted octanol–water partition coefficient (Wildman–Crippen LogP) is 5.24. The highest BCUT2D eigenvalue weighted by atomic mass is 32.2. The van der Waals surface area contributed by atoms with Crippen LogP contribution in [0.15, 0.2) is 121 Å². The molecule has 0 bridgehead atoms. The lowest BCUT2D eigenvalue weighted by molar-refractivity contribution is 0.185. The lowest BCUT2D eigenvalue weighted by atomic mass is 9.95. The molecule has 2 fully saturated rings. The monoisotopic (exact) mass is 524 g/mol. The molecule has 4 atom stereocenters. The molecule has 0 amide bonds. The van der Waals surface area contributed by atoms with Gasteiger partial charge in [-0.05, 0) is 35.1 Å². The number of ether oxygens (including phenoxy) is 1. The maximum atomic E-state index is 14.7. The van der Waals surface area contributed by atoms with Gasteiger partial charge < -0.3 is 4.74 Å². The number of epoxide rings is 1. The van der Waals surface area contributed by atoms with E-state index in [1.165, 1.54) is 0 Å². The predicted molar refractivity (Wildman–Crippen MR) is 149 cm³/mol. The minimum Gasteiger partial charge on any atom is -0.366 e. The molecule has 6 rings (SSSR count). The number of fused-ring (bicyclic) bond motifs is 1. The van der Waals surface area contributed by atoms with Crippen LogP contribution in [0.1, 0.15) is 22.3 Å². The molecule has 194 valence electrons. The average molecular weight is 525 g/mol. The maximum absolute atomic E-state index is 14.7. The molecule has 2 aliphatic heterocycles. The Hall–Kier alpha value is -3.29. The van der Waals surface area contributed by atoms with Gasteiger partial charge in [0.05, 0.1) is 12.1 Å². The van der Waals surface area contributed by atoms with Gasteiger partial charge in [0.1, 0.15) is 12.2 Å². The van der Waals surface area contributed by atoms with Gasteiger partial charge in [0.25, 0.3) is 10.2 Å². The van der Waals surface area contributed by atoms with E-state index in [2.05, 4.69) is 24.3 Å². The molecule has 0 aliphatic carbocycles. The molecule has 2 saturated heterocycles. The summed E-state index contributed by atoms with van der Waals surface area (Å²) in [6.07, 6.45) is 0.878. The summed E-state index contributed by atoms with van der Waals surface area (Å²) < 4.78 is 39.2. The molecule has 0 saturated carbocycles. The van der Waals surface area contributed by atoms with Crippen LogP contribution in [-0.2, 0) is 40.9 Å². The van der Waals surface area contributed by atoms with Gasteiger partial charge in [-0.1, -0.05) is 121 Å². The van der Waals surface area contributed by atoms with E-state index in [0.717, 1.165) is 22.3 Å². The molecular formula is C32H32N2O3S. The molecule has 2 aliphatic rings. The third-order valence-corrected chi connectivity index (χ3v) is 9.58. The van der Waals surface area contributed by atoms with Crippen LogP contribution >= 0.6 is 0 Å². The molecule has 0 unspecified atom stereocenters. The Balaban J connectivity index is 1.43. The first kappa shape index (κ1) is 25.0. The Kier molecular flexibility index (Phi) is 7.13. The topological polar surface area (TPSA) is 53.2 Å². The quantitative estimate of drug-likeness (QED) is 0.296. The Morgan fingerprint density at radius 2 is 0.816 bits per heavy atom. The summed E-state index contributed by atoms with van der Waals surface area (Å²) in [5.74, 6) is 0. The fraction of sp³-hybridized carbons (Fsp3) is 0.250. The molecule has 0 N–H and O–H groups in total. The first-order chi connectivity index (χ1) is 18.6. The maximum Gasteiger partial charge on any atom is 0.283 e. The summed E-state index contributed by atoms with van der Waals surface area (Å²) in [7, 11) is -3.85. The Bertz CT molecular complexity index is 1330. The fourth-order valence-corrected chi connectivity index (χ4v) is 7.60. The largest absolute Gasteiger partial charge is 0.366 e. The average Bonchev–Trinajstić information content (AvgIpc) is 3.75. The number of benzene rings is 4. The van der Waals surface area contributed by atoms with Crippen LogP contribution in [0.3, 0.4) is 0 Å². The van der Waals surface area contributed by atoms with Crippen molar-refractivity contribution in [2.75, 3.05) is 0 Å². The van der Waals surface area contributed by atoms with Crippen LogP contribution < -0.4 is 0 Å². The third kappa shape index (κ3) is 5.31. The van der Waals surface area contributed by atoms with Gasteiger partial charge >= 0.3 is 0 Å². The van der Waals surface area contributed by atoms with Crippen molar-refractivity contribution >= 4 is 10.2 Å². The van der Waals surface area contributed by atoms with Crippen molar-refractivity contribution in [3.8, 4) is 0 Å². The van der Waals surface area contributed by atoms with Gasteiger partial charge in [-0.3, -0.25) is 0 Å². The molecule has 38 heavy (non-hydrogen) atoms. The van der Waals surface area contributed by atoms with Gasteiger partial charge in [0.2, 0.25) is 0 Å². The van der Waals surface area contributed by atoms with Crippen molar-refractivity contribution in [1.29, 1.82) is 0 Å². The minimum absolute atomic E-state index is 0.164. The molecule has 0 radical (unpaired) electrons. The highest BCUT2D eigenvalue weighted by Crippen LogP contribution is 2.43. The van der Waals surface area contributed by atoms with Gasteiger partial charge in [0, 0.05) is 13.1 Å². The standard InChI is InChI=1S/C32H32N2O3S/c35-38(36)33(23-27-17-9-3-10-18-27)29(21-25-13-5-1-6-14-25)31-32(37-31)30(22-26-15-7-2-8-16-26)34(38)24-28-19-11-4-12-20-28/h1-20,29-32H,21-24H2/t29-,30-,31-,32+/m0/s1. The van der Waals surface area contributed by atoms with E-state index in [0.29, 0.717) is 25.9 Å². The fourth-order valence-electron chi connectivity index (χ4n) is 5.63.